The van der Waals surface area contributed by atoms with E-state index < -0.39 is 5.92 Å². The normalized spacial score (nSPS) is 14.6. The van der Waals surface area contributed by atoms with Crippen LogP contribution < -0.4 is 10.2 Å². The number of pyridine rings is 1. The predicted molar refractivity (Wildman–Crippen MR) is 136 cm³/mol. The van der Waals surface area contributed by atoms with Gasteiger partial charge in [0, 0.05) is 62.2 Å². The molecular formula is C26H32CrF2N6O2-2. The molecule has 200 valence electrons. The van der Waals surface area contributed by atoms with Gasteiger partial charge in [0.05, 0.1) is 11.8 Å². The minimum atomic E-state index is -2.70. The number of nitrogens with two attached hydrogens (primary N) is 1. The van der Waals surface area contributed by atoms with Gasteiger partial charge >= 0.3 is 20.0 Å². The fourth-order valence-corrected chi connectivity index (χ4v) is 4.43. The average Bonchev–Trinajstić information content (AvgIpc) is 3.19. The molecule has 1 aromatic carbocycles. The van der Waals surface area contributed by atoms with E-state index in [0.29, 0.717) is 30.0 Å². The molecule has 0 unspecified atom stereocenters. The van der Waals surface area contributed by atoms with E-state index in [1.807, 2.05) is 49.3 Å². The van der Waals surface area contributed by atoms with E-state index >= 15 is 0 Å². The first-order chi connectivity index (χ1) is 17.3. The maximum atomic E-state index is 14.0. The average molecular weight is 551 g/mol. The zero-order valence-corrected chi connectivity index (χ0v) is 22.3. The molecule has 0 atom stereocenters. The van der Waals surface area contributed by atoms with Crippen molar-refractivity contribution in [3.63, 3.8) is 0 Å². The Labute approximate surface area is 224 Å². The first-order valence-electron chi connectivity index (χ1n) is 11.7. The molecular weight excluding hydrogens is 518 g/mol. The Morgan fingerprint density at radius 1 is 1.22 bits per heavy atom. The van der Waals surface area contributed by atoms with Crippen LogP contribution in [0.3, 0.4) is 0 Å². The summed E-state index contributed by atoms with van der Waals surface area (Å²) in [7, 11) is 1.82. The third kappa shape index (κ3) is 7.51. The van der Waals surface area contributed by atoms with Crippen molar-refractivity contribution in [2.75, 3.05) is 23.3 Å². The molecule has 0 spiro atoms. The number of anilines is 2. The Morgan fingerprint density at radius 3 is 2.65 bits per heavy atom. The van der Waals surface area contributed by atoms with Crippen LogP contribution in [-0.2, 0) is 33.5 Å². The zero-order valence-electron chi connectivity index (χ0n) is 21.0. The van der Waals surface area contributed by atoms with Gasteiger partial charge < -0.3 is 23.3 Å². The van der Waals surface area contributed by atoms with Crippen LogP contribution in [0.2, 0.25) is 0 Å². The molecule has 1 fully saturated rings. The summed E-state index contributed by atoms with van der Waals surface area (Å²) in [5.74, 6) is -2.57. The van der Waals surface area contributed by atoms with Crippen LogP contribution >= 0.6 is 0 Å². The molecule has 3 aromatic rings. The number of alkyl halides is 2. The Balaban J connectivity index is 0.00000157. The van der Waals surface area contributed by atoms with Crippen molar-refractivity contribution in [3.8, 4) is 11.1 Å². The van der Waals surface area contributed by atoms with Crippen LogP contribution in [0.1, 0.15) is 47.2 Å². The third-order valence-corrected chi connectivity index (χ3v) is 6.23. The monoisotopic (exact) mass is 550 g/mol. The second-order valence-corrected chi connectivity index (χ2v) is 8.85. The molecule has 37 heavy (non-hydrogen) atoms. The molecule has 1 aliphatic rings. The Hall–Kier alpha value is -3.00. The Bertz CT molecular complexity index is 1200. The molecule has 1 amide bonds. The number of carbonyl (C=O) groups excluding carboxylic acids is 1. The number of nitrogens with zero attached hydrogens (tertiary/aromatic N) is 4. The van der Waals surface area contributed by atoms with Crippen molar-refractivity contribution >= 4 is 17.4 Å². The van der Waals surface area contributed by atoms with Crippen LogP contribution in [0, 0.1) is 13.8 Å². The molecule has 4 rings (SSSR count). The van der Waals surface area contributed by atoms with E-state index in [1.54, 1.807) is 17.1 Å². The molecule has 1 saturated heterocycles. The van der Waals surface area contributed by atoms with Crippen LogP contribution in [0.4, 0.5) is 20.3 Å². The summed E-state index contributed by atoms with van der Waals surface area (Å²) >= 11 is 1.38. The van der Waals surface area contributed by atoms with E-state index in [-0.39, 0.29) is 31.4 Å². The number of carbonyl (C=O) groups is 1. The molecule has 0 radical (unpaired) electrons. The van der Waals surface area contributed by atoms with Gasteiger partial charge in [-0.3, -0.25) is 9.48 Å². The summed E-state index contributed by atoms with van der Waals surface area (Å²) in [4.78, 5) is 20.0. The van der Waals surface area contributed by atoms with Gasteiger partial charge in [-0.05, 0) is 36.6 Å². The fraction of sp³-hybridized carbons (Fsp3) is 0.385. The van der Waals surface area contributed by atoms with Gasteiger partial charge in [-0.25, -0.2) is 13.8 Å². The number of amides is 1. The molecule has 1 aliphatic heterocycles. The van der Waals surface area contributed by atoms with Crippen molar-refractivity contribution in [2.45, 2.75) is 45.0 Å². The number of benzene rings is 1. The Kier molecular flexibility index (Phi) is 11.0. The van der Waals surface area contributed by atoms with Crippen LogP contribution in [0.25, 0.3) is 17.3 Å². The van der Waals surface area contributed by atoms with Gasteiger partial charge in [0.15, 0.2) is 0 Å². The molecule has 0 bridgehead atoms. The van der Waals surface area contributed by atoms with E-state index in [2.05, 4.69) is 22.3 Å². The fourth-order valence-electron chi connectivity index (χ4n) is 4.43. The summed E-state index contributed by atoms with van der Waals surface area (Å²) in [5.41, 5.74) is 4.52. The molecule has 2 aromatic heterocycles. The van der Waals surface area contributed by atoms with Gasteiger partial charge in [0.25, 0.3) is 5.91 Å². The third-order valence-electron chi connectivity index (χ3n) is 6.23. The topological polar surface area (TPSA) is 114 Å². The summed E-state index contributed by atoms with van der Waals surface area (Å²) < 4.78 is 37.9. The van der Waals surface area contributed by atoms with Crippen molar-refractivity contribution in [2.24, 2.45) is 7.05 Å². The molecule has 3 heterocycles. The predicted octanol–water partition coefficient (Wildman–Crippen LogP) is 6.03. The number of aryl methyl sites for hydroxylation is 2. The first kappa shape index (κ1) is 30.2. The first-order valence-corrected chi connectivity index (χ1v) is 12.3. The van der Waals surface area contributed by atoms with Gasteiger partial charge in [-0.15, -0.1) is 0 Å². The quantitative estimate of drug-likeness (QED) is 0.377. The van der Waals surface area contributed by atoms with Crippen LogP contribution in [0.15, 0.2) is 42.9 Å². The van der Waals surface area contributed by atoms with Gasteiger partial charge in [0.1, 0.15) is 5.82 Å². The molecule has 3 N–H and O–H groups in total. The number of hydrogen-bond acceptors (Lipinski definition) is 5. The van der Waals surface area contributed by atoms with Crippen molar-refractivity contribution in [3.05, 3.63) is 72.6 Å². The van der Waals surface area contributed by atoms with E-state index in [9.17, 15) is 13.6 Å². The summed E-state index contributed by atoms with van der Waals surface area (Å²) in [6, 6.07) is 7.67. The second-order valence-electron chi connectivity index (χ2n) is 8.85. The standard InChI is InChI=1S/C26H30F2N5O.Cr.H2N.O/c1-4-7-19-8-5-9-21(14-19)31-25(34)23-18(2)22(20-15-30-32(3)17-20)16-29-24(23)33-12-6-10-26(27,28)11-13-33;;;/h5,8-9,14-17H,1,4,6-7,10-13H2,2-3H3,(H,31,34);;1H2;/q-1;;-1;. The number of halogens is 2. The number of nitrogens with one attached hydrogen (secondary N) is 1. The Morgan fingerprint density at radius 2 is 1.97 bits per heavy atom. The molecule has 0 aliphatic carbocycles. The van der Waals surface area contributed by atoms with Crippen molar-refractivity contribution < 1.29 is 33.6 Å². The summed E-state index contributed by atoms with van der Waals surface area (Å²) in [6.45, 7) is 6.33. The van der Waals surface area contributed by atoms with Crippen LogP contribution in [0.5, 0.6) is 0 Å². The van der Waals surface area contributed by atoms with Crippen molar-refractivity contribution in [1.82, 2.24) is 14.8 Å². The van der Waals surface area contributed by atoms with E-state index in [4.69, 9.17) is 3.80 Å². The van der Waals surface area contributed by atoms with Crippen LogP contribution in [-0.4, -0.2) is 39.7 Å². The molecule has 8 nitrogen and oxygen atoms in total. The van der Waals surface area contributed by atoms with Gasteiger partial charge in [-0.1, -0.05) is 18.6 Å². The van der Waals surface area contributed by atoms with Gasteiger partial charge in [-0.2, -0.15) is 11.5 Å². The second kappa shape index (κ2) is 13.5. The maximum absolute atomic E-state index is 14.0. The number of aromatic nitrogens is 3. The number of hydrogen-bond donors (Lipinski definition) is 1. The number of rotatable bonds is 6. The van der Waals surface area contributed by atoms with E-state index in [0.717, 1.165) is 35.1 Å². The van der Waals surface area contributed by atoms with E-state index in [1.165, 1.54) is 16.2 Å². The summed E-state index contributed by atoms with van der Waals surface area (Å²) in [5, 5.41) is 7.23. The molecule has 0 saturated carbocycles. The summed E-state index contributed by atoms with van der Waals surface area (Å²) in [6.07, 6.45) is 6.79. The van der Waals surface area contributed by atoms with Crippen molar-refractivity contribution in [1.29, 1.82) is 0 Å². The zero-order chi connectivity index (χ0) is 26.3. The SMILES string of the molecule is [CH2-]CCc1cccc(NC(=O)c2c(N3CCCC(F)(F)CC3)ncc(-c3cnn(C)c3)c2C)c1.[NH2-].[O]=[Cr]. The molecule has 11 heteroatoms. The minimum absolute atomic E-state index is 0. The van der Waals surface area contributed by atoms with Gasteiger partial charge in [0.2, 0.25) is 5.92 Å².